The first kappa shape index (κ1) is 9.53. The Kier molecular flexibility index (Phi) is 2.73. The van der Waals surface area contributed by atoms with Crippen molar-refractivity contribution in [1.29, 1.82) is 0 Å². The molecule has 1 atom stereocenters. The van der Waals surface area contributed by atoms with E-state index >= 15 is 0 Å². The largest absolute Gasteiger partial charge is 0.463 e. The Morgan fingerprint density at radius 1 is 1.36 bits per heavy atom. The molecule has 0 saturated heterocycles. The predicted molar refractivity (Wildman–Crippen MR) is 55.0 cm³/mol. The van der Waals surface area contributed by atoms with Crippen molar-refractivity contribution in [2.45, 2.75) is 38.7 Å². The Balaban J connectivity index is 2.14. The third-order valence-electron chi connectivity index (χ3n) is 2.71. The van der Waals surface area contributed by atoms with E-state index in [0.717, 1.165) is 24.2 Å². The summed E-state index contributed by atoms with van der Waals surface area (Å²) in [7, 11) is 0. The summed E-state index contributed by atoms with van der Waals surface area (Å²) in [6.45, 7) is 1.89. The zero-order valence-corrected chi connectivity index (χ0v) is 8.49. The molecule has 1 aliphatic rings. The van der Waals surface area contributed by atoms with Gasteiger partial charge in [0.05, 0.1) is 0 Å². The number of allylic oxidation sites excluding steroid dienone is 1. The standard InChI is InChI=1S/C12H16O2/c1-9-7-8-11(14-9)12(13)10-5-3-2-4-6-10/h5,7-8,12-13H,2-4,6H2,1H3. The Morgan fingerprint density at radius 3 is 2.79 bits per heavy atom. The number of aliphatic hydroxyl groups excluding tert-OH is 1. The number of hydrogen-bond donors (Lipinski definition) is 1. The van der Waals surface area contributed by atoms with E-state index in [1.54, 1.807) is 0 Å². The summed E-state index contributed by atoms with van der Waals surface area (Å²) in [4.78, 5) is 0. The van der Waals surface area contributed by atoms with E-state index in [0.29, 0.717) is 5.76 Å². The molecule has 1 aromatic heterocycles. The molecule has 0 spiro atoms. The van der Waals surface area contributed by atoms with Crippen LogP contribution in [0, 0.1) is 6.92 Å². The fraction of sp³-hybridized carbons (Fsp3) is 0.500. The zero-order chi connectivity index (χ0) is 9.97. The first-order chi connectivity index (χ1) is 6.77. The molecule has 1 unspecified atom stereocenters. The molecule has 14 heavy (non-hydrogen) atoms. The first-order valence-electron chi connectivity index (χ1n) is 5.20. The minimum atomic E-state index is -0.524. The molecule has 0 aromatic carbocycles. The molecule has 0 radical (unpaired) electrons. The van der Waals surface area contributed by atoms with Crippen LogP contribution >= 0.6 is 0 Å². The van der Waals surface area contributed by atoms with E-state index in [1.807, 2.05) is 19.1 Å². The summed E-state index contributed by atoms with van der Waals surface area (Å²) in [5.74, 6) is 1.53. The summed E-state index contributed by atoms with van der Waals surface area (Å²) in [6.07, 6.45) is 6.14. The van der Waals surface area contributed by atoms with Crippen molar-refractivity contribution in [3.8, 4) is 0 Å². The molecule has 0 aliphatic heterocycles. The minimum Gasteiger partial charge on any atom is -0.463 e. The molecule has 0 fully saturated rings. The molecule has 1 aliphatic carbocycles. The molecular weight excluding hydrogens is 176 g/mol. The van der Waals surface area contributed by atoms with Gasteiger partial charge < -0.3 is 9.52 Å². The van der Waals surface area contributed by atoms with Crippen LogP contribution < -0.4 is 0 Å². The van der Waals surface area contributed by atoms with E-state index in [2.05, 4.69) is 6.08 Å². The Hall–Kier alpha value is -1.02. The van der Waals surface area contributed by atoms with Crippen LogP contribution in [0.3, 0.4) is 0 Å². The van der Waals surface area contributed by atoms with Crippen LogP contribution in [0.25, 0.3) is 0 Å². The van der Waals surface area contributed by atoms with Crippen molar-refractivity contribution in [1.82, 2.24) is 0 Å². The van der Waals surface area contributed by atoms with Crippen LogP contribution in [0.5, 0.6) is 0 Å². The fourth-order valence-electron chi connectivity index (χ4n) is 1.89. The Bertz CT molecular complexity index is 336. The molecule has 2 rings (SSSR count). The highest BCUT2D eigenvalue weighted by atomic mass is 16.4. The zero-order valence-electron chi connectivity index (χ0n) is 8.49. The van der Waals surface area contributed by atoms with Gasteiger partial charge in [0.15, 0.2) is 0 Å². The van der Waals surface area contributed by atoms with Gasteiger partial charge in [-0.25, -0.2) is 0 Å². The van der Waals surface area contributed by atoms with Gasteiger partial charge in [-0.3, -0.25) is 0 Å². The summed E-state index contributed by atoms with van der Waals surface area (Å²) in [5, 5.41) is 10.00. The van der Waals surface area contributed by atoms with Crippen LogP contribution in [0.4, 0.5) is 0 Å². The van der Waals surface area contributed by atoms with Gasteiger partial charge in [0.2, 0.25) is 0 Å². The monoisotopic (exact) mass is 192 g/mol. The molecule has 1 aromatic rings. The maximum absolute atomic E-state index is 10.00. The van der Waals surface area contributed by atoms with Gasteiger partial charge in [-0.1, -0.05) is 6.08 Å². The number of rotatable bonds is 2. The van der Waals surface area contributed by atoms with Gasteiger partial charge in [0.25, 0.3) is 0 Å². The third-order valence-corrected chi connectivity index (χ3v) is 2.71. The van der Waals surface area contributed by atoms with Crippen LogP contribution in [0.2, 0.25) is 0 Å². The maximum Gasteiger partial charge on any atom is 0.136 e. The lowest BCUT2D eigenvalue weighted by molar-refractivity contribution is 0.177. The normalized spacial score (nSPS) is 19.1. The minimum absolute atomic E-state index is 0.524. The highest BCUT2D eigenvalue weighted by molar-refractivity contribution is 5.20. The smallest absolute Gasteiger partial charge is 0.136 e. The molecule has 1 N–H and O–H groups in total. The van der Waals surface area contributed by atoms with Gasteiger partial charge in [0.1, 0.15) is 17.6 Å². The van der Waals surface area contributed by atoms with Crippen molar-refractivity contribution < 1.29 is 9.52 Å². The second kappa shape index (κ2) is 4.01. The molecule has 1 heterocycles. The molecule has 0 saturated carbocycles. The predicted octanol–water partition coefficient (Wildman–Crippen LogP) is 3.12. The average molecular weight is 192 g/mol. The highest BCUT2D eigenvalue weighted by Crippen LogP contribution is 2.30. The quantitative estimate of drug-likeness (QED) is 0.730. The fourth-order valence-corrected chi connectivity index (χ4v) is 1.89. The SMILES string of the molecule is Cc1ccc(C(O)C2=CCCCC2)o1. The first-order valence-corrected chi connectivity index (χ1v) is 5.20. The topological polar surface area (TPSA) is 33.4 Å². The second-order valence-corrected chi connectivity index (χ2v) is 3.88. The number of hydrogen-bond acceptors (Lipinski definition) is 2. The lowest BCUT2D eigenvalue weighted by Crippen LogP contribution is -2.03. The van der Waals surface area contributed by atoms with Crippen LogP contribution in [0.1, 0.15) is 43.3 Å². The van der Waals surface area contributed by atoms with Crippen molar-refractivity contribution in [2.24, 2.45) is 0 Å². The van der Waals surface area contributed by atoms with Gasteiger partial charge in [-0.05, 0) is 50.3 Å². The van der Waals surface area contributed by atoms with Gasteiger partial charge in [-0.2, -0.15) is 0 Å². The average Bonchev–Trinajstić information content (AvgIpc) is 2.65. The maximum atomic E-state index is 10.00. The van der Waals surface area contributed by atoms with Crippen molar-refractivity contribution in [3.63, 3.8) is 0 Å². The summed E-state index contributed by atoms with van der Waals surface area (Å²) < 4.78 is 5.41. The highest BCUT2D eigenvalue weighted by Gasteiger charge is 2.17. The molecule has 2 nitrogen and oxygen atoms in total. The van der Waals surface area contributed by atoms with Crippen LogP contribution in [-0.2, 0) is 0 Å². The lowest BCUT2D eigenvalue weighted by Gasteiger charge is -2.16. The Labute approximate surface area is 84.2 Å². The summed E-state index contributed by atoms with van der Waals surface area (Å²) in [6, 6.07) is 3.75. The van der Waals surface area contributed by atoms with Gasteiger partial charge >= 0.3 is 0 Å². The van der Waals surface area contributed by atoms with E-state index < -0.39 is 6.10 Å². The molecule has 0 amide bonds. The molecule has 76 valence electrons. The molecular formula is C12H16O2. The van der Waals surface area contributed by atoms with Crippen LogP contribution in [-0.4, -0.2) is 5.11 Å². The van der Waals surface area contributed by atoms with Crippen LogP contribution in [0.15, 0.2) is 28.2 Å². The summed E-state index contributed by atoms with van der Waals surface area (Å²) in [5.41, 5.74) is 1.12. The lowest BCUT2D eigenvalue weighted by atomic mass is 9.94. The second-order valence-electron chi connectivity index (χ2n) is 3.88. The van der Waals surface area contributed by atoms with E-state index in [1.165, 1.54) is 12.8 Å². The van der Waals surface area contributed by atoms with Crippen molar-refractivity contribution in [2.75, 3.05) is 0 Å². The van der Waals surface area contributed by atoms with Gasteiger partial charge in [0, 0.05) is 0 Å². The van der Waals surface area contributed by atoms with Gasteiger partial charge in [-0.15, -0.1) is 0 Å². The van der Waals surface area contributed by atoms with Crippen molar-refractivity contribution >= 4 is 0 Å². The number of furan rings is 1. The number of aryl methyl sites for hydroxylation is 1. The van der Waals surface area contributed by atoms with E-state index in [9.17, 15) is 5.11 Å². The summed E-state index contributed by atoms with van der Waals surface area (Å²) >= 11 is 0. The molecule has 2 heteroatoms. The van der Waals surface area contributed by atoms with E-state index in [-0.39, 0.29) is 0 Å². The third kappa shape index (κ3) is 1.90. The van der Waals surface area contributed by atoms with E-state index in [4.69, 9.17) is 4.42 Å². The van der Waals surface area contributed by atoms with Crippen molar-refractivity contribution in [3.05, 3.63) is 35.3 Å². The number of aliphatic hydroxyl groups is 1. The Morgan fingerprint density at radius 2 is 2.21 bits per heavy atom. The molecule has 0 bridgehead atoms.